The maximum atomic E-state index is 10.6. The van der Waals surface area contributed by atoms with Crippen LogP contribution in [0.15, 0.2) is 46.9 Å². The molecule has 0 unspecified atom stereocenters. The van der Waals surface area contributed by atoms with Gasteiger partial charge in [-0.15, -0.1) is 11.3 Å². The molecule has 5 nitrogen and oxygen atoms in total. The number of nitro groups is 1. The second-order valence-corrected chi connectivity index (χ2v) is 4.17. The molecule has 0 radical (unpaired) electrons. The van der Waals surface area contributed by atoms with Crippen molar-refractivity contribution in [2.45, 2.75) is 0 Å². The number of benzene rings is 1. The van der Waals surface area contributed by atoms with Crippen LogP contribution in [-0.4, -0.2) is 11.1 Å². The molecule has 0 atom stereocenters. The third kappa shape index (κ3) is 3.12. The summed E-state index contributed by atoms with van der Waals surface area (Å²) >= 11 is 1.57. The largest absolute Gasteiger partial charge is 0.278 e. The molecule has 2 rings (SSSR count). The molecule has 0 fully saturated rings. The van der Waals surface area contributed by atoms with Crippen LogP contribution in [-0.2, 0) is 0 Å². The zero-order valence-electron chi connectivity index (χ0n) is 8.74. The number of hydrazone groups is 1. The van der Waals surface area contributed by atoms with Crippen LogP contribution < -0.4 is 5.43 Å². The molecule has 86 valence electrons. The van der Waals surface area contributed by atoms with Crippen LogP contribution in [0.2, 0.25) is 0 Å². The number of non-ortho nitro benzene ring substituents is 1. The van der Waals surface area contributed by atoms with Crippen LogP contribution in [0.1, 0.15) is 4.88 Å². The first-order valence-electron chi connectivity index (χ1n) is 4.83. The Morgan fingerprint density at radius 2 is 2.24 bits per heavy atom. The van der Waals surface area contributed by atoms with E-state index in [1.54, 1.807) is 29.7 Å². The van der Waals surface area contributed by atoms with Crippen molar-refractivity contribution < 1.29 is 4.92 Å². The summed E-state index contributed by atoms with van der Waals surface area (Å²) in [5.74, 6) is 0. The number of hydrogen-bond acceptors (Lipinski definition) is 5. The number of hydrogen-bond donors (Lipinski definition) is 1. The van der Waals surface area contributed by atoms with E-state index in [1.807, 2.05) is 17.5 Å². The van der Waals surface area contributed by atoms with E-state index in [9.17, 15) is 10.1 Å². The van der Waals surface area contributed by atoms with Crippen molar-refractivity contribution in [2.75, 3.05) is 5.43 Å². The molecule has 2 aromatic rings. The highest BCUT2D eigenvalue weighted by Gasteiger charge is 2.04. The summed E-state index contributed by atoms with van der Waals surface area (Å²) in [4.78, 5) is 11.1. The topological polar surface area (TPSA) is 67.5 Å². The smallest absolute Gasteiger partial charge is 0.271 e. The van der Waals surface area contributed by atoms with Gasteiger partial charge in [0, 0.05) is 17.0 Å². The Balaban J connectivity index is 2.04. The molecule has 0 saturated carbocycles. The second kappa shape index (κ2) is 5.22. The molecule has 1 N–H and O–H groups in total. The van der Waals surface area contributed by atoms with Gasteiger partial charge in [0.05, 0.1) is 16.8 Å². The van der Waals surface area contributed by atoms with Gasteiger partial charge in [0.1, 0.15) is 0 Å². The van der Waals surface area contributed by atoms with Crippen LogP contribution in [0.25, 0.3) is 0 Å². The Bertz CT molecular complexity index is 537. The molecular formula is C11H9N3O2S. The van der Waals surface area contributed by atoms with E-state index in [0.29, 0.717) is 5.69 Å². The Hall–Kier alpha value is -2.21. The summed E-state index contributed by atoms with van der Waals surface area (Å²) in [6, 6.07) is 10.1. The fraction of sp³-hybridized carbons (Fsp3) is 0. The van der Waals surface area contributed by atoms with Gasteiger partial charge in [-0.05, 0) is 17.5 Å². The van der Waals surface area contributed by atoms with Crippen molar-refractivity contribution in [2.24, 2.45) is 5.10 Å². The van der Waals surface area contributed by atoms with E-state index in [-0.39, 0.29) is 5.69 Å². The Labute approximate surface area is 102 Å². The van der Waals surface area contributed by atoms with Crippen LogP contribution >= 0.6 is 11.3 Å². The third-order valence-electron chi connectivity index (χ3n) is 1.99. The number of thiophene rings is 1. The Morgan fingerprint density at radius 3 is 2.94 bits per heavy atom. The van der Waals surface area contributed by atoms with E-state index < -0.39 is 4.92 Å². The lowest BCUT2D eigenvalue weighted by Gasteiger charge is -1.98. The van der Waals surface area contributed by atoms with Crippen LogP contribution in [0, 0.1) is 10.1 Å². The van der Waals surface area contributed by atoms with Gasteiger partial charge in [-0.1, -0.05) is 12.1 Å². The Kier molecular flexibility index (Phi) is 3.46. The lowest BCUT2D eigenvalue weighted by atomic mass is 10.3. The molecule has 1 aromatic heterocycles. The summed E-state index contributed by atoms with van der Waals surface area (Å²) in [5.41, 5.74) is 3.38. The van der Waals surface area contributed by atoms with E-state index in [4.69, 9.17) is 0 Å². The van der Waals surface area contributed by atoms with Crippen molar-refractivity contribution in [1.82, 2.24) is 0 Å². The highest BCUT2D eigenvalue weighted by molar-refractivity contribution is 7.11. The molecule has 17 heavy (non-hydrogen) atoms. The fourth-order valence-electron chi connectivity index (χ4n) is 1.22. The van der Waals surface area contributed by atoms with Gasteiger partial charge in [-0.25, -0.2) is 0 Å². The SMILES string of the molecule is O=[N+]([O-])c1cccc(NN=Cc2cccs2)c1. The van der Waals surface area contributed by atoms with E-state index in [2.05, 4.69) is 10.5 Å². The lowest BCUT2D eigenvalue weighted by molar-refractivity contribution is -0.384. The van der Waals surface area contributed by atoms with Crippen molar-refractivity contribution in [1.29, 1.82) is 0 Å². The quantitative estimate of drug-likeness (QED) is 0.512. The van der Waals surface area contributed by atoms with Gasteiger partial charge in [0.25, 0.3) is 5.69 Å². The van der Waals surface area contributed by atoms with Gasteiger partial charge in [-0.3, -0.25) is 15.5 Å². The van der Waals surface area contributed by atoms with Crippen molar-refractivity contribution in [3.05, 3.63) is 56.8 Å². The number of nitro benzene ring substituents is 1. The molecule has 6 heteroatoms. The molecule has 1 heterocycles. The van der Waals surface area contributed by atoms with Crippen LogP contribution in [0.3, 0.4) is 0 Å². The summed E-state index contributed by atoms with van der Waals surface area (Å²) in [6.45, 7) is 0. The molecule has 0 saturated heterocycles. The molecule has 0 aliphatic carbocycles. The molecule has 0 amide bonds. The normalized spacial score (nSPS) is 10.6. The van der Waals surface area contributed by atoms with Gasteiger partial charge < -0.3 is 0 Å². The second-order valence-electron chi connectivity index (χ2n) is 3.19. The van der Waals surface area contributed by atoms with E-state index in [1.165, 1.54) is 12.1 Å². The summed E-state index contributed by atoms with van der Waals surface area (Å²) in [7, 11) is 0. The van der Waals surface area contributed by atoms with E-state index in [0.717, 1.165) is 4.88 Å². The maximum absolute atomic E-state index is 10.6. The molecule has 0 spiro atoms. The monoisotopic (exact) mass is 247 g/mol. The maximum Gasteiger partial charge on any atom is 0.271 e. The molecule has 0 bridgehead atoms. The predicted molar refractivity (Wildman–Crippen MR) is 68.6 cm³/mol. The van der Waals surface area contributed by atoms with Gasteiger partial charge in [0.2, 0.25) is 0 Å². The third-order valence-corrected chi connectivity index (χ3v) is 2.79. The van der Waals surface area contributed by atoms with Crippen molar-refractivity contribution >= 4 is 28.9 Å². The molecule has 0 aliphatic rings. The van der Waals surface area contributed by atoms with Crippen molar-refractivity contribution in [3.8, 4) is 0 Å². The van der Waals surface area contributed by atoms with E-state index >= 15 is 0 Å². The number of nitrogens with one attached hydrogen (secondary N) is 1. The highest BCUT2D eigenvalue weighted by atomic mass is 32.1. The summed E-state index contributed by atoms with van der Waals surface area (Å²) in [6.07, 6.45) is 1.67. The number of nitrogens with zero attached hydrogens (tertiary/aromatic N) is 2. The van der Waals surface area contributed by atoms with Crippen LogP contribution in [0.5, 0.6) is 0 Å². The fourth-order valence-corrected chi connectivity index (χ4v) is 1.81. The van der Waals surface area contributed by atoms with Gasteiger partial charge >= 0.3 is 0 Å². The molecule has 1 aromatic carbocycles. The van der Waals surface area contributed by atoms with Crippen molar-refractivity contribution in [3.63, 3.8) is 0 Å². The first-order chi connectivity index (χ1) is 8.25. The summed E-state index contributed by atoms with van der Waals surface area (Å²) < 4.78 is 0. The Morgan fingerprint density at radius 1 is 1.35 bits per heavy atom. The molecule has 0 aliphatic heterocycles. The standard InChI is InChI=1S/C11H9N3O2S/c15-14(16)10-4-1-3-9(7-10)13-12-8-11-5-2-6-17-11/h1-8,13H. The lowest BCUT2D eigenvalue weighted by Crippen LogP contribution is -1.92. The minimum Gasteiger partial charge on any atom is -0.278 e. The molecular weight excluding hydrogens is 238 g/mol. The zero-order valence-corrected chi connectivity index (χ0v) is 9.55. The minimum absolute atomic E-state index is 0.0429. The number of anilines is 1. The zero-order chi connectivity index (χ0) is 12.1. The van der Waals surface area contributed by atoms with Gasteiger partial charge in [-0.2, -0.15) is 5.10 Å². The van der Waals surface area contributed by atoms with Crippen LogP contribution in [0.4, 0.5) is 11.4 Å². The first kappa shape index (κ1) is 11.3. The number of rotatable bonds is 4. The predicted octanol–water partition coefficient (Wildman–Crippen LogP) is 3.10. The highest BCUT2D eigenvalue weighted by Crippen LogP contribution is 2.16. The average molecular weight is 247 g/mol. The first-order valence-corrected chi connectivity index (χ1v) is 5.71. The van der Waals surface area contributed by atoms with Gasteiger partial charge in [0.15, 0.2) is 0 Å². The summed E-state index contributed by atoms with van der Waals surface area (Å²) in [5, 5.41) is 16.5. The minimum atomic E-state index is -0.436. The average Bonchev–Trinajstić information content (AvgIpc) is 2.82.